The predicted molar refractivity (Wildman–Crippen MR) is 50.7 cm³/mol. The number of halogens is 2. The van der Waals surface area contributed by atoms with Crippen LogP contribution >= 0.6 is 23.2 Å². The van der Waals surface area contributed by atoms with Crippen LogP contribution in [-0.4, -0.2) is 9.78 Å². The molecule has 0 radical (unpaired) electrons. The first-order chi connectivity index (χ1) is 5.68. The third-order valence-corrected chi connectivity index (χ3v) is 2.51. The third kappa shape index (κ3) is 1.08. The van der Waals surface area contributed by atoms with Crippen LogP contribution in [0.3, 0.4) is 0 Å². The summed E-state index contributed by atoms with van der Waals surface area (Å²) < 4.78 is 1.76. The van der Waals surface area contributed by atoms with Crippen molar-refractivity contribution in [2.75, 3.05) is 0 Å². The first-order valence-corrected chi connectivity index (χ1v) is 4.21. The quantitative estimate of drug-likeness (QED) is 0.640. The van der Waals surface area contributed by atoms with Crippen LogP contribution in [0.2, 0.25) is 10.0 Å². The standard InChI is InChI=1S/C8H6Cl2N2/c1-12-8-3-7(10)6(9)2-5(8)4-11-12/h2-4H,1H3. The van der Waals surface area contributed by atoms with Crippen molar-refractivity contribution in [2.45, 2.75) is 0 Å². The van der Waals surface area contributed by atoms with E-state index >= 15 is 0 Å². The zero-order valence-electron chi connectivity index (χ0n) is 6.38. The SMILES string of the molecule is Cn1ncc2cc(Cl)c(Cl)cc21. The molecule has 12 heavy (non-hydrogen) atoms. The number of fused-ring (bicyclic) bond motifs is 1. The average Bonchev–Trinajstić information content (AvgIpc) is 2.35. The summed E-state index contributed by atoms with van der Waals surface area (Å²) in [5.74, 6) is 0. The van der Waals surface area contributed by atoms with E-state index in [1.165, 1.54) is 0 Å². The van der Waals surface area contributed by atoms with E-state index in [2.05, 4.69) is 5.10 Å². The minimum atomic E-state index is 0.563. The molecular formula is C8H6Cl2N2. The summed E-state index contributed by atoms with van der Waals surface area (Å²) >= 11 is 11.7. The summed E-state index contributed by atoms with van der Waals surface area (Å²) in [6.07, 6.45) is 1.76. The Hall–Kier alpha value is -0.730. The highest BCUT2D eigenvalue weighted by molar-refractivity contribution is 6.42. The number of aryl methyl sites for hydroxylation is 1. The van der Waals surface area contributed by atoms with Gasteiger partial charge in [0.2, 0.25) is 0 Å². The highest BCUT2D eigenvalue weighted by atomic mass is 35.5. The molecule has 2 rings (SSSR count). The van der Waals surface area contributed by atoms with Crippen molar-refractivity contribution in [3.8, 4) is 0 Å². The molecule has 0 unspecified atom stereocenters. The van der Waals surface area contributed by atoms with E-state index in [-0.39, 0.29) is 0 Å². The van der Waals surface area contributed by atoms with Crippen molar-refractivity contribution in [3.63, 3.8) is 0 Å². The fourth-order valence-corrected chi connectivity index (χ4v) is 1.48. The monoisotopic (exact) mass is 200 g/mol. The van der Waals surface area contributed by atoms with Gasteiger partial charge in [-0.15, -0.1) is 0 Å². The lowest BCUT2D eigenvalue weighted by Crippen LogP contribution is -1.88. The summed E-state index contributed by atoms with van der Waals surface area (Å²) in [7, 11) is 1.87. The van der Waals surface area contributed by atoms with E-state index in [1.54, 1.807) is 10.9 Å². The number of aromatic nitrogens is 2. The molecule has 0 saturated carbocycles. The van der Waals surface area contributed by atoms with Crippen molar-refractivity contribution >= 4 is 34.1 Å². The van der Waals surface area contributed by atoms with Crippen LogP contribution < -0.4 is 0 Å². The van der Waals surface area contributed by atoms with Crippen molar-refractivity contribution in [2.24, 2.45) is 7.05 Å². The maximum Gasteiger partial charge on any atom is 0.0694 e. The molecule has 4 heteroatoms. The molecule has 0 bridgehead atoms. The van der Waals surface area contributed by atoms with E-state index in [0.29, 0.717) is 10.0 Å². The zero-order chi connectivity index (χ0) is 8.72. The molecule has 0 N–H and O–H groups in total. The van der Waals surface area contributed by atoms with Crippen molar-refractivity contribution in [3.05, 3.63) is 28.4 Å². The smallest absolute Gasteiger partial charge is 0.0694 e. The van der Waals surface area contributed by atoms with Gasteiger partial charge in [0.15, 0.2) is 0 Å². The number of hydrogen-bond acceptors (Lipinski definition) is 1. The summed E-state index contributed by atoms with van der Waals surface area (Å²) in [5.41, 5.74) is 0.990. The molecular weight excluding hydrogens is 195 g/mol. The van der Waals surface area contributed by atoms with Crippen molar-refractivity contribution in [1.29, 1.82) is 0 Å². The number of rotatable bonds is 0. The Morgan fingerprint density at radius 1 is 1.25 bits per heavy atom. The lowest BCUT2D eigenvalue weighted by molar-refractivity contribution is 0.797. The Morgan fingerprint density at radius 3 is 2.67 bits per heavy atom. The molecule has 1 aromatic carbocycles. The Bertz CT molecular complexity index is 434. The highest BCUT2D eigenvalue weighted by Crippen LogP contribution is 2.27. The normalized spacial score (nSPS) is 10.9. The van der Waals surface area contributed by atoms with Crippen LogP contribution in [0.1, 0.15) is 0 Å². The first-order valence-electron chi connectivity index (χ1n) is 3.45. The van der Waals surface area contributed by atoms with Gasteiger partial charge in [0.05, 0.1) is 21.8 Å². The van der Waals surface area contributed by atoms with E-state index in [1.807, 2.05) is 19.2 Å². The van der Waals surface area contributed by atoms with E-state index < -0.39 is 0 Å². The second-order valence-electron chi connectivity index (χ2n) is 2.59. The van der Waals surface area contributed by atoms with Gasteiger partial charge in [0.25, 0.3) is 0 Å². The summed E-state index contributed by atoms with van der Waals surface area (Å²) in [6.45, 7) is 0. The van der Waals surface area contributed by atoms with Crippen LogP contribution in [0, 0.1) is 0 Å². The number of hydrogen-bond donors (Lipinski definition) is 0. The second kappa shape index (κ2) is 2.64. The second-order valence-corrected chi connectivity index (χ2v) is 3.41. The minimum absolute atomic E-state index is 0.563. The maximum absolute atomic E-state index is 5.84. The average molecular weight is 201 g/mol. The molecule has 0 aliphatic rings. The minimum Gasteiger partial charge on any atom is -0.268 e. The number of nitrogens with zero attached hydrogens (tertiary/aromatic N) is 2. The molecule has 0 aliphatic heterocycles. The Balaban J connectivity index is 2.87. The largest absolute Gasteiger partial charge is 0.268 e. The van der Waals surface area contributed by atoms with Crippen LogP contribution in [0.15, 0.2) is 18.3 Å². The van der Waals surface area contributed by atoms with Crippen LogP contribution in [0.5, 0.6) is 0 Å². The maximum atomic E-state index is 5.84. The molecule has 2 aromatic rings. The summed E-state index contributed by atoms with van der Waals surface area (Å²) in [4.78, 5) is 0. The van der Waals surface area contributed by atoms with E-state index in [4.69, 9.17) is 23.2 Å². The van der Waals surface area contributed by atoms with Gasteiger partial charge in [-0.1, -0.05) is 23.2 Å². The predicted octanol–water partition coefficient (Wildman–Crippen LogP) is 2.88. The van der Waals surface area contributed by atoms with Crippen molar-refractivity contribution < 1.29 is 0 Å². The first kappa shape index (κ1) is 7.90. The molecule has 2 nitrogen and oxygen atoms in total. The van der Waals surface area contributed by atoms with Gasteiger partial charge in [-0.2, -0.15) is 5.10 Å². The van der Waals surface area contributed by atoms with Crippen LogP contribution in [0.25, 0.3) is 10.9 Å². The zero-order valence-corrected chi connectivity index (χ0v) is 7.89. The molecule has 0 amide bonds. The summed E-state index contributed by atoms with van der Waals surface area (Å²) in [6, 6.07) is 3.62. The lowest BCUT2D eigenvalue weighted by atomic mass is 10.2. The van der Waals surface area contributed by atoms with Gasteiger partial charge >= 0.3 is 0 Å². The molecule has 0 atom stereocenters. The topological polar surface area (TPSA) is 17.8 Å². The fourth-order valence-electron chi connectivity index (χ4n) is 1.15. The van der Waals surface area contributed by atoms with Gasteiger partial charge in [-0.25, -0.2) is 0 Å². The Kier molecular flexibility index (Phi) is 1.74. The van der Waals surface area contributed by atoms with Crippen LogP contribution in [-0.2, 0) is 7.05 Å². The van der Waals surface area contributed by atoms with Gasteiger partial charge in [-0.05, 0) is 12.1 Å². The summed E-state index contributed by atoms with van der Waals surface area (Å²) in [5, 5.41) is 6.21. The van der Waals surface area contributed by atoms with Crippen molar-refractivity contribution in [1.82, 2.24) is 9.78 Å². The molecule has 1 heterocycles. The Morgan fingerprint density at radius 2 is 1.92 bits per heavy atom. The number of benzene rings is 1. The molecule has 0 saturated heterocycles. The molecule has 0 spiro atoms. The molecule has 62 valence electrons. The van der Waals surface area contributed by atoms with E-state index in [0.717, 1.165) is 10.9 Å². The van der Waals surface area contributed by atoms with Gasteiger partial charge in [0.1, 0.15) is 0 Å². The Labute approximate surface area is 79.7 Å². The molecule has 0 fully saturated rings. The molecule has 0 aliphatic carbocycles. The fraction of sp³-hybridized carbons (Fsp3) is 0.125. The lowest BCUT2D eigenvalue weighted by Gasteiger charge is -1.96. The van der Waals surface area contributed by atoms with E-state index in [9.17, 15) is 0 Å². The van der Waals surface area contributed by atoms with Crippen LogP contribution in [0.4, 0.5) is 0 Å². The molecule has 1 aromatic heterocycles. The van der Waals surface area contributed by atoms with Gasteiger partial charge in [0, 0.05) is 12.4 Å². The highest BCUT2D eigenvalue weighted by Gasteiger charge is 2.03. The van der Waals surface area contributed by atoms with Gasteiger partial charge in [-0.3, -0.25) is 4.68 Å². The van der Waals surface area contributed by atoms with Gasteiger partial charge < -0.3 is 0 Å². The third-order valence-electron chi connectivity index (χ3n) is 1.79.